The molecule has 1 atom stereocenters. The lowest BCUT2D eigenvalue weighted by atomic mass is 10.0. The summed E-state index contributed by atoms with van der Waals surface area (Å²) >= 11 is 0. The predicted octanol–water partition coefficient (Wildman–Crippen LogP) is 4.74. The van der Waals surface area contributed by atoms with Crippen molar-refractivity contribution in [2.45, 2.75) is 19.4 Å². The second-order valence-corrected chi connectivity index (χ2v) is 6.43. The molecule has 1 aromatic heterocycles. The number of rotatable bonds is 4. The van der Waals surface area contributed by atoms with E-state index in [1.165, 1.54) is 10.8 Å². The fraction of sp³-hybridized carbons (Fsp3) is 0.136. The largest absolute Gasteiger partial charge is 0.361 e. The van der Waals surface area contributed by atoms with Crippen LogP contribution in [-0.2, 0) is 11.2 Å². The minimum Gasteiger partial charge on any atom is -0.361 e. The third kappa shape index (κ3) is 3.13. The molecule has 1 heterocycles. The molecule has 4 rings (SSSR count). The smallest absolute Gasteiger partial charge is 0.224 e. The van der Waals surface area contributed by atoms with Crippen molar-refractivity contribution in [2.24, 2.45) is 0 Å². The maximum atomic E-state index is 12.5. The topological polar surface area (TPSA) is 44.9 Å². The van der Waals surface area contributed by atoms with Gasteiger partial charge in [-0.25, -0.2) is 0 Å². The van der Waals surface area contributed by atoms with Crippen LogP contribution < -0.4 is 5.32 Å². The second-order valence-electron chi connectivity index (χ2n) is 6.43. The SMILES string of the molecule is C[C@H](NC(=O)Cc1c[nH]c2ccccc12)c1ccc2ccccc2c1. The molecule has 0 unspecified atom stereocenters. The fourth-order valence-electron chi connectivity index (χ4n) is 3.30. The number of hydrogen-bond acceptors (Lipinski definition) is 1. The maximum absolute atomic E-state index is 12.5. The first-order valence-electron chi connectivity index (χ1n) is 8.54. The number of aromatic amines is 1. The van der Waals surface area contributed by atoms with E-state index in [1.54, 1.807) is 0 Å². The Balaban J connectivity index is 1.49. The van der Waals surface area contributed by atoms with Crippen molar-refractivity contribution < 1.29 is 4.79 Å². The third-order valence-corrected chi connectivity index (χ3v) is 4.68. The number of nitrogens with one attached hydrogen (secondary N) is 2. The molecule has 0 aliphatic carbocycles. The molecular weight excluding hydrogens is 308 g/mol. The van der Waals surface area contributed by atoms with Crippen molar-refractivity contribution >= 4 is 27.6 Å². The van der Waals surface area contributed by atoms with Crippen LogP contribution in [0.4, 0.5) is 0 Å². The molecule has 124 valence electrons. The Morgan fingerprint density at radius 2 is 1.76 bits per heavy atom. The first-order chi connectivity index (χ1) is 12.2. The van der Waals surface area contributed by atoms with Crippen LogP contribution in [0.15, 0.2) is 72.9 Å². The summed E-state index contributed by atoms with van der Waals surface area (Å²) in [5, 5.41) is 6.62. The standard InChI is InChI=1S/C22H20N2O/c1-15(17-11-10-16-6-2-3-7-18(16)12-17)24-22(25)13-19-14-23-21-9-5-4-8-20(19)21/h2-12,14-15,23H,13H2,1H3,(H,24,25)/t15-/m0/s1. The molecule has 0 spiro atoms. The van der Waals surface area contributed by atoms with E-state index in [0.717, 1.165) is 22.0 Å². The van der Waals surface area contributed by atoms with Crippen molar-refractivity contribution in [3.63, 3.8) is 0 Å². The number of carbonyl (C=O) groups excluding carboxylic acids is 1. The summed E-state index contributed by atoms with van der Waals surface area (Å²) < 4.78 is 0. The zero-order chi connectivity index (χ0) is 17.2. The monoisotopic (exact) mass is 328 g/mol. The first kappa shape index (κ1) is 15.5. The van der Waals surface area contributed by atoms with Crippen LogP contribution in [0.2, 0.25) is 0 Å². The normalized spacial score (nSPS) is 12.4. The summed E-state index contributed by atoms with van der Waals surface area (Å²) in [6, 6.07) is 22.6. The highest BCUT2D eigenvalue weighted by Gasteiger charge is 2.12. The van der Waals surface area contributed by atoms with Crippen LogP contribution >= 0.6 is 0 Å². The molecule has 0 aliphatic rings. The van der Waals surface area contributed by atoms with E-state index in [-0.39, 0.29) is 11.9 Å². The summed E-state index contributed by atoms with van der Waals surface area (Å²) in [6.07, 6.45) is 2.30. The highest BCUT2D eigenvalue weighted by atomic mass is 16.1. The summed E-state index contributed by atoms with van der Waals surface area (Å²) in [5.74, 6) is 0.0328. The summed E-state index contributed by atoms with van der Waals surface area (Å²) in [4.78, 5) is 15.7. The van der Waals surface area contributed by atoms with Crippen molar-refractivity contribution in [2.75, 3.05) is 0 Å². The predicted molar refractivity (Wildman–Crippen MR) is 103 cm³/mol. The lowest BCUT2D eigenvalue weighted by molar-refractivity contribution is -0.121. The summed E-state index contributed by atoms with van der Waals surface area (Å²) in [7, 11) is 0. The van der Waals surface area contributed by atoms with Crippen LogP contribution in [0, 0.1) is 0 Å². The summed E-state index contributed by atoms with van der Waals surface area (Å²) in [5.41, 5.74) is 3.21. The van der Waals surface area contributed by atoms with Gasteiger partial charge in [-0.3, -0.25) is 4.79 Å². The van der Waals surface area contributed by atoms with Crippen molar-refractivity contribution in [1.29, 1.82) is 0 Å². The molecule has 2 N–H and O–H groups in total. The Morgan fingerprint density at radius 3 is 2.64 bits per heavy atom. The van der Waals surface area contributed by atoms with Gasteiger partial charge in [0.2, 0.25) is 5.91 Å². The van der Waals surface area contributed by atoms with Crippen molar-refractivity contribution in [3.8, 4) is 0 Å². The van der Waals surface area contributed by atoms with E-state index in [4.69, 9.17) is 0 Å². The van der Waals surface area contributed by atoms with Gasteiger partial charge in [-0.15, -0.1) is 0 Å². The van der Waals surface area contributed by atoms with Crippen LogP contribution in [0.3, 0.4) is 0 Å². The highest BCUT2D eigenvalue weighted by molar-refractivity contribution is 5.89. The molecular formula is C22H20N2O. The average Bonchev–Trinajstić information content (AvgIpc) is 3.04. The number of H-pyrrole nitrogens is 1. The number of fused-ring (bicyclic) bond motifs is 2. The van der Waals surface area contributed by atoms with Crippen molar-refractivity contribution in [3.05, 3.63) is 84.1 Å². The quantitative estimate of drug-likeness (QED) is 0.558. The molecule has 0 saturated carbocycles. The molecule has 3 nitrogen and oxygen atoms in total. The van der Waals surface area contributed by atoms with E-state index in [0.29, 0.717) is 6.42 Å². The maximum Gasteiger partial charge on any atom is 0.224 e. The molecule has 0 aliphatic heterocycles. The van der Waals surface area contributed by atoms with E-state index < -0.39 is 0 Å². The minimum atomic E-state index is -0.0256. The van der Waals surface area contributed by atoms with E-state index >= 15 is 0 Å². The van der Waals surface area contributed by atoms with Gasteiger partial charge in [0.25, 0.3) is 0 Å². The van der Waals surface area contributed by atoms with Crippen LogP contribution in [0.25, 0.3) is 21.7 Å². The minimum absolute atomic E-state index is 0.0256. The van der Waals surface area contributed by atoms with Gasteiger partial charge in [0.1, 0.15) is 0 Å². The number of para-hydroxylation sites is 1. The average molecular weight is 328 g/mol. The third-order valence-electron chi connectivity index (χ3n) is 4.68. The Hall–Kier alpha value is -3.07. The number of carbonyl (C=O) groups is 1. The lowest BCUT2D eigenvalue weighted by Crippen LogP contribution is -2.28. The Labute approximate surface area is 146 Å². The first-order valence-corrected chi connectivity index (χ1v) is 8.54. The van der Waals surface area contributed by atoms with Gasteiger partial charge in [-0.1, -0.05) is 54.6 Å². The molecule has 3 heteroatoms. The van der Waals surface area contributed by atoms with Crippen LogP contribution in [0.5, 0.6) is 0 Å². The molecule has 0 bridgehead atoms. The number of aromatic nitrogens is 1. The fourth-order valence-corrected chi connectivity index (χ4v) is 3.30. The molecule has 3 aromatic carbocycles. The molecule has 4 aromatic rings. The number of amides is 1. The number of benzene rings is 3. The van der Waals surface area contributed by atoms with Gasteiger partial charge < -0.3 is 10.3 Å². The summed E-state index contributed by atoms with van der Waals surface area (Å²) in [6.45, 7) is 2.03. The molecule has 0 saturated heterocycles. The van der Waals surface area contributed by atoms with Gasteiger partial charge in [0.05, 0.1) is 12.5 Å². The van der Waals surface area contributed by atoms with E-state index in [9.17, 15) is 4.79 Å². The highest BCUT2D eigenvalue weighted by Crippen LogP contribution is 2.21. The Kier molecular flexibility index (Phi) is 3.98. The second kappa shape index (κ2) is 6.44. The van der Waals surface area contributed by atoms with Gasteiger partial charge in [0, 0.05) is 17.1 Å². The van der Waals surface area contributed by atoms with Crippen molar-refractivity contribution in [1.82, 2.24) is 10.3 Å². The Morgan fingerprint density at radius 1 is 1.00 bits per heavy atom. The van der Waals surface area contributed by atoms with E-state index in [1.807, 2.05) is 49.5 Å². The number of hydrogen-bond donors (Lipinski definition) is 2. The molecule has 1 amide bonds. The lowest BCUT2D eigenvalue weighted by Gasteiger charge is -2.15. The zero-order valence-corrected chi connectivity index (χ0v) is 14.1. The molecule has 25 heavy (non-hydrogen) atoms. The van der Waals surface area contributed by atoms with Gasteiger partial charge in [-0.05, 0) is 41.0 Å². The Bertz CT molecular complexity index is 1050. The molecule has 0 fully saturated rings. The van der Waals surface area contributed by atoms with Crippen LogP contribution in [0.1, 0.15) is 24.1 Å². The van der Waals surface area contributed by atoms with Gasteiger partial charge in [-0.2, -0.15) is 0 Å². The van der Waals surface area contributed by atoms with E-state index in [2.05, 4.69) is 40.6 Å². The van der Waals surface area contributed by atoms with Crippen LogP contribution in [-0.4, -0.2) is 10.9 Å². The van der Waals surface area contributed by atoms with Gasteiger partial charge in [0.15, 0.2) is 0 Å². The molecule has 0 radical (unpaired) electrons. The zero-order valence-electron chi connectivity index (χ0n) is 14.1. The van der Waals surface area contributed by atoms with Gasteiger partial charge >= 0.3 is 0 Å².